The van der Waals surface area contributed by atoms with E-state index in [4.69, 9.17) is 15.7 Å². The molecular formula is C38H51HfN3. The Hall–Kier alpha value is -2.85. The Morgan fingerprint density at radius 1 is 0.833 bits per heavy atom. The zero-order chi connectivity index (χ0) is 30.8. The van der Waals surface area contributed by atoms with Crippen LogP contribution in [0.3, 0.4) is 0 Å². The molecule has 3 aromatic carbocycles. The Morgan fingerprint density at radius 3 is 1.64 bits per heavy atom. The molecule has 222 valence electrons. The van der Waals surface area contributed by atoms with Crippen LogP contribution in [0.2, 0.25) is 0 Å². The van der Waals surface area contributed by atoms with Crippen LogP contribution in [-0.4, -0.2) is 19.0 Å². The third-order valence-electron chi connectivity index (χ3n) is 6.77. The van der Waals surface area contributed by atoms with Crippen molar-refractivity contribution in [2.24, 2.45) is 10.9 Å². The molecule has 0 aliphatic heterocycles. The van der Waals surface area contributed by atoms with Crippen molar-refractivity contribution in [3.05, 3.63) is 137 Å². The van der Waals surface area contributed by atoms with Gasteiger partial charge in [-0.2, -0.15) is 49.2 Å². The SMILES string of the molecule is C=[N-].CCCCN=C1C([N-]c2c(C(C)C)cccc2C(C)C)=C(C)CC1C.[CH2-]c1ccccc1.[CH2-]c1ccccc1.[Hf+4]. The number of allylic oxidation sites excluding steroid dienone is 2. The molecule has 3 nitrogen and oxygen atoms in total. The van der Waals surface area contributed by atoms with Crippen LogP contribution < -0.4 is 0 Å². The van der Waals surface area contributed by atoms with Gasteiger partial charge >= 0.3 is 25.8 Å². The first-order chi connectivity index (χ1) is 19.6. The third-order valence-corrected chi connectivity index (χ3v) is 6.77. The molecule has 0 amide bonds. The second-order valence-electron chi connectivity index (χ2n) is 11.0. The van der Waals surface area contributed by atoms with Crippen LogP contribution in [0.4, 0.5) is 5.69 Å². The van der Waals surface area contributed by atoms with Crippen molar-refractivity contribution in [2.75, 3.05) is 6.54 Å². The summed E-state index contributed by atoms with van der Waals surface area (Å²) in [6.45, 7) is 26.4. The predicted octanol–water partition coefficient (Wildman–Crippen LogP) is 11.5. The van der Waals surface area contributed by atoms with Gasteiger partial charge in [-0.05, 0) is 31.6 Å². The summed E-state index contributed by atoms with van der Waals surface area (Å²) in [6.07, 6.45) is 3.43. The topological polar surface area (TPSA) is 48.8 Å². The van der Waals surface area contributed by atoms with E-state index in [9.17, 15) is 0 Å². The summed E-state index contributed by atoms with van der Waals surface area (Å²) in [7, 11) is 0. The minimum absolute atomic E-state index is 0. The first-order valence-corrected chi connectivity index (χ1v) is 14.8. The molecule has 1 atom stereocenters. The molecular weight excluding hydrogens is 677 g/mol. The average molecular weight is 728 g/mol. The summed E-state index contributed by atoms with van der Waals surface area (Å²) in [6, 6.07) is 26.4. The minimum atomic E-state index is 0. The number of rotatable bonds is 7. The van der Waals surface area contributed by atoms with Gasteiger partial charge in [-0.15, -0.1) is 35.6 Å². The molecule has 0 aromatic heterocycles. The molecule has 0 saturated carbocycles. The van der Waals surface area contributed by atoms with Gasteiger partial charge in [-0.3, -0.25) is 4.99 Å². The molecule has 0 spiro atoms. The largest absolute Gasteiger partial charge is 4.00 e. The van der Waals surface area contributed by atoms with Crippen LogP contribution in [0.25, 0.3) is 10.7 Å². The molecule has 0 fully saturated rings. The van der Waals surface area contributed by atoms with Crippen LogP contribution in [0.15, 0.2) is 95.1 Å². The van der Waals surface area contributed by atoms with Crippen molar-refractivity contribution in [3.63, 3.8) is 0 Å². The minimum Gasteiger partial charge on any atom is -0.817 e. The summed E-state index contributed by atoms with van der Waals surface area (Å²) >= 11 is 0. The molecule has 1 aliphatic carbocycles. The van der Waals surface area contributed by atoms with Gasteiger partial charge in [0, 0.05) is 18.2 Å². The van der Waals surface area contributed by atoms with Gasteiger partial charge < -0.3 is 10.7 Å². The Labute approximate surface area is 276 Å². The normalized spacial score (nSPS) is 14.6. The third kappa shape index (κ3) is 13.4. The van der Waals surface area contributed by atoms with Crippen molar-refractivity contribution in [1.29, 1.82) is 0 Å². The van der Waals surface area contributed by atoms with Crippen molar-refractivity contribution >= 4 is 18.1 Å². The molecule has 0 heterocycles. The van der Waals surface area contributed by atoms with E-state index in [1.165, 1.54) is 34.5 Å². The van der Waals surface area contributed by atoms with Crippen LogP contribution >= 0.6 is 0 Å². The van der Waals surface area contributed by atoms with Crippen LogP contribution in [0.5, 0.6) is 0 Å². The molecule has 0 radical (unpaired) electrons. The van der Waals surface area contributed by atoms with Crippen molar-refractivity contribution < 1.29 is 25.8 Å². The van der Waals surface area contributed by atoms with Crippen molar-refractivity contribution in [1.82, 2.24) is 0 Å². The molecule has 4 rings (SSSR count). The Balaban J connectivity index is 0.000000801. The zero-order valence-corrected chi connectivity index (χ0v) is 30.6. The maximum atomic E-state index is 6.75. The second-order valence-corrected chi connectivity index (χ2v) is 11.0. The standard InChI is InChI=1S/C23H35N2.2C7H7.CH2N.Hf/c1-8-9-13-24-21-17(6)14-18(7)22(21)25-23-19(15(2)3)11-10-12-20(23)16(4)5;2*1-7-5-3-2-4-6-7;1-2;/h10-12,15-17H,8-9,13-14H2,1-7H3;2*2-6H,1H2;1H2;/q4*-1;+4. The summed E-state index contributed by atoms with van der Waals surface area (Å²) in [4.78, 5) is 4.94. The number of hydrogen-bond donors (Lipinski definition) is 0. The molecule has 4 heteroatoms. The van der Waals surface area contributed by atoms with E-state index < -0.39 is 0 Å². The molecule has 1 aliphatic rings. The fourth-order valence-corrected chi connectivity index (χ4v) is 4.55. The predicted molar refractivity (Wildman–Crippen MR) is 184 cm³/mol. The van der Waals surface area contributed by atoms with Gasteiger partial charge in [0.2, 0.25) is 0 Å². The van der Waals surface area contributed by atoms with Crippen LogP contribution in [0, 0.1) is 19.8 Å². The van der Waals surface area contributed by atoms with E-state index in [1.807, 2.05) is 60.7 Å². The fraction of sp³-hybridized carbons (Fsp3) is 0.368. The summed E-state index contributed by atoms with van der Waals surface area (Å²) in [5, 5.41) is 12.0. The number of para-hydroxylation sites is 1. The first-order valence-electron chi connectivity index (χ1n) is 14.8. The summed E-state index contributed by atoms with van der Waals surface area (Å²) in [5.41, 5.74) is 9.77. The van der Waals surface area contributed by atoms with Gasteiger partial charge in [0.15, 0.2) is 0 Å². The molecule has 1 unspecified atom stereocenters. The smallest absolute Gasteiger partial charge is 0.817 e. The number of aliphatic imine (C=N–C) groups is 1. The summed E-state index contributed by atoms with van der Waals surface area (Å²) < 4.78 is 0. The van der Waals surface area contributed by atoms with Crippen LogP contribution in [-0.2, 0) is 25.8 Å². The first kappa shape index (κ1) is 39.2. The molecule has 3 aromatic rings. The number of benzene rings is 3. The van der Waals surface area contributed by atoms with E-state index in [2.05, 4.69) is 87.2 Å². The van der Waals surface area contributed by atoms with E-state index in [0.717, 1.165) is 36.2 Å². The monoisotopic (exact) mass is 729 g/mol. The van der Waals surface area contributed by atoms with Gasteiger partial charge in [0.05, 0.1) is 0 Å². The van der Waals surface area contributed by atoms with Crippen molar-refractivity contribution in [3.8, 4) is 0 Å². The quantitative estimate of drug-likeness (QED) is 0.101. The van der Waals surface area contributed by atoms with Crippen LogP contribution in [0.1, 0.15) is 102 Å². The Bertz CT molecular complexity index is 1130. The zero-order valence-electron chi connectivity index (χ0n) is 27.0. The van der Waals surface area contributed by atoms with Gasteiger partial charge in [-0.1, -0.05) is 95.0 Å². The number of hydrogen-bond acceptors (Lipinski definition) is 1. The van der Waals surface area contributed by atoms with E-state index in [-0.39, 0.29) is 25.8 Å². The Kier molecular flexibility index (Phi) is 20.3. The molecule has 42 heavy (non-hydrogen) atoms. The fourth-order valence-electron chi connectivity index (χ4n) is 4.55. The van der Waals surface area contributed by atoms with Crippen molar-refractivity contribution in [2.45, 2.75) is 79.6 Å². The van der Waals surface area contributed by atoms with E-state index in [1.54, 1.807) is 0 Å². The van der Waals surface area contributed by atoms with E-state index in [0.29, 0.717) is 17.8 Å². The maximum absolute atomic E-state index is 6.75. The summed E-state index contributed by atoms with van der Waals surface area (Å²) in [5.74, 6) is 1.43. The van der Waals surface area contributed by atoms with Gasteiger partial charge in [-0.25, -0.2) is 6.72 Å². The molecule has 0 saturated heterocycles. The Morgan fingerprint density at radius 2 is 1.29 bits per heavy atom. The number of unbranched alkanes of at least 4 members (excludes halogenated alkanes) is 1. The maximum Gasteiger partial charge on any atom is 4.00 e. The van der Waals surface area contributed by atoms with Gasteiger partial charge in [0.1, 0.15) is 0 Å². The molecule has 0 bridgehead atoms. The number of nitrogens with zero attached hydrogens (tertiary/aromatic N) is 3. The van der Waals surface area contributed by atoms with Gasteiger partial charge in [0.25, 0.3) is 0 Å². The molecule has 0 N–H and O–H groups in total. The van der Waals surface area contributed by atoms with E-state index >= 15 is 0 Å². The average Bonchev–Trinajstić information content (AvgIpc) is 3.23. The second kappa shape index (κ2) is 21.8.